The minimum Gasteiger partial charge on any atom is -0.340 e. The maximum Gasteiger partial charge on any atom is 0.246 e. The fourth-order valence-electron chi connectivity index (χ4n) is 3.73. The molecule has 2 aromatic heterocycles. The minimum atomic E-state index is -4.12. The third-order valence-corrected chi connectivity index (χ3v) is 8.44. The Bertz CT molecular complexity index is 1460. The zero-order valence-corrected chi connectivity index (χ0v) is 18.7. The lowest BCUT2D eigenvalue weighted by Gasteiger charge is -2.26. The summed E-state index contributed by atoms with van der Waals surface area (Å²) in [5.41, 5.74) is 1.73. The van der Waals surface area contributed by atoms with Crippen LogP contribution in [0.5, 0.6) is 0 Å². The van der Waals surface area contributed by atoms with Crippen LogP contribution >= 0.6 is 22.9 Å². The number of thiophene rings is 1. The van der Waals surface area contributed by atoms with Crippen molar-refractivity contribution >= 4 is 54.7 Å². The predicted octanol–water partition coefficient (Wildman–Crippen LogP) is 5.11. The number of aromatic nitrogens is 2. The van der Waals surface area contributed by atoms with Crippen LogP contribution in [-0.4, -0.2) is 29.2 Å². The number of benzene rings is 2. The van der Waals surface area contributed by atoms with Crippen LogP contribution in [0.3, 0.4) is 0 Å². The molecule has 0 saturated carbocycles. The van der Waals surface area contributed by atoms with E-state index in [4.69, 9.17) is 11.6 Å². The van der Waals surface area contributed by atoms with Crippen LogP contribution in [0.4, 0.5) is 20.3 Å². The Morgan fingerprint density at radius 1 is 1.12 bits per heavy atom. The highest BCUT2D eigenvalue weighted by Gasteiger charge is 2.33. The first-order chi connectivity index (χ1) is 15.3. The number of sulfonamides is 1. The van der Waals surface area contributed by atoms with E-state index in [1.54, 1.807) is 12.1 Å². The number of nitrogens with zero attached hydrogens (tertiary/aromatic N) is 3. The highest BCUT2D eigenvalue weighted by molar-refractivity contribution is 7.89. The van der Waals surface area contributed by atoms with Crippen molar-refractivity contribution in [3.63, 3.8) is 0 Å². The van der Waals surface area contributed by atoms with Crippen molar-refractivity contribution < 1.29 is 17.2 Å². The summed E-state index contributed by atoms with van der Waals surface area (Å²) in [7, 11) is -4.12. The van der Waals surface area contributed by atoms with Crippen molar-refractivity contribution in [1.82, 2.24) is 14.3 Å². The molecule has 3 heterocycles. The molecule has 5 rings (SSSR count). The highest BCUT2D eigenvalue weighted by Crippen LogP contribution is 2.39. The van der Waals surface area contributed by atoms with E-state index in [1.807, 2.05) is 12.1 Å². The van der Waals surface area contributed by atoms with Gasteiger partial charge in [-0.25, -0.2) is 27.2 Å². The zero-order valence-electron chi connectivity index (χ0n) is 16.3. The van der Waals surface area contributed by atoms with Crippen LogP contribution in [0, 0.1) is 11.6 Å². The SMILES string of the molecule is O=S(=O)(c1ccc(F)cc1F)N1CCc2c(sc3ncnc(Nc4cccc(Cl)c4)c23)C1. The van der Waals surface area contributed by atoms with Crippen molar-refractivity contribution in [2.24, 2.45) is 0 Å². The molecule has 0 bridgehead atoms. The van der Waals surface area contributed by atoms with Crippen molar-refractivity contribution in [2.45, 2.75) is 17.9 Å². The van der Waals surface area contributed by atoms with Gasteiger partial charge in [0, 0.05) is 34.7 Å². The summed E-state index contributed by atoms with van der Waals surface area (Å²) < 4.78 is 54.6. The molecule has 0 spiro atoms. The van der Waals surface area contributed by atoms with Crippen molar-refractivity contribution in [3.05, 3.63) is 75.9 Å². The molecular formula is C21H15ClF2N4O2S2. The second-order valence-electron chi connectivity index (χ2n) is 7.20. The smallest absolute Gasteiger partial charge is 0.246 e. The Morgan fingerprint density at radius 3 is 2.75 bits per heavy atom. The van der Waals surface area contributed by atoms with Crippen molar-refractivity contribution in [3.8, 4) is 0 Å². The van der Waals surface area contributed by atoms with Gasteiger partial charge >= 0.3 is 0 Å². The zero-order chi connectivity index (χ0) is 22.5. The summed E-state index contributed by atoms with van der Waals surface area (Å²) in [5, 5.41) is 4.67. The molecule has 6 nitrogen and oxygen atoms in total. The summed E-state index contributed by atoms with van der Waals surface area (Å²) in [6, 6.07) is 9.71. The molecule has 1 aliphatic rings. The molecular weight excluding hydrogens is 478 g/mol. The Hall–Kier alpha value is -2.66. The fraction of sp³-hybridized carbons (Fsp3) is 0.143. The first-order valence-corrected chi connectivity index (χ1v) is 12.2. The predicted molar refractivity (Wildman–Crippen MR) is 120 cm³/mol. The molecule has 0 unspecified atom stereocenters. The summed E-state index contributed by atoms with van der Waals surface area (Å²) >= 11 is 7.44. The average Bonchev–Trinajstić information content (AvgIpc) is 3.12. The second-order valence-corrected chi connectivity index (χ2v) is 10.6. The quantitative estimate of drug-likeness (QED) is 0.428. The Morgan fingerprint density at radius 2 is 1.97 bits per heavy atom. The number of nitrogens with one attached hydrogen (secondary N) is 1. The topological polar surface area (TPSA) is 75.2 Å². The molecule has 1 aliphatic heterocycles. The molecule has 1 N–H and O–H groups in total. The Kier molecular flexibility index (Phi) is 5.32. The minimum absolute atomic E-state index is 0.0755. The van der Waals surface area contributed by atoms with Gasteiger partial charge in [-0.1, -0.05) is 17.7 Å². The number of fused-ring (bicyclic) bond motifs is 3. The fourth-order valence-corrected chi connectivity index (χ4v) is 6.66. The number of rotatable bonds is 4. The molecule has 0 radical (unpaired) electrons. The standard InChI is InChI=1S/C21H15ClF2N4O2S2/c22-12-2-1-3-14(8-12)27-20-19-15-6-7-28(10-17(15)31-21(19)26-11-25-20)32(29,30)18-5-4-13(23)9-16(18)24/h1-5,8-9,11H,6-7,10H2,(H,25,26,27). The van der Waals surface area contributed by atoms with Crippen LogP contribution in [-0.2, 0) is 23.0 Å². The third-order valence-electron chi connectivity index (χ3n) is 5.20. The first-order valence-electron chi connectivity index (χ1n) is 9.56. The monoisotopic (exact) mass is 492 g/mol. The normalized spacial score (nSPS) is 14.5. The lowest BCUT2D eigenvalue weighted by Crippen LogP contribution is -2.35. The first kappa shape index (κ1) is 21.2. The maximum absolute atomic E-state index is 14.2. The maximum atomic E-state index is 14.2. The van der Waals surface area contributed by atoms with Crippen LogP contribution in [0.15, 0.2) is 53.7 Å². The number of anilines is 2. The molecule has 0 fully saturated rings. The van der Waals surface area contributed by atoms with E-state index in [0.29, 0.717) is 23.3 Å². The highest BCUT2D eigenvalue weighted by atomic mass is 35.5. The van der Waals surface area contributed by atoms with E-state index in [-0.39, 0.29) is 13.1 Å². The van der Waals surface area contributed by atoms with E-state index < -0.39 is 26.6 Å². The van der Waals surface area contributed by atoms with E-state index in [0.717, 1.165) is 38.5 Å². The van der Waals surface area contributed by atoms with Gasteiger partial charge in [0.05, 0.1) is 5.39 Å². The van der Waals surface area contributed by atoms with Gasteiger partial charge in [0.2, 0.25) is 10.0 Å². The van der Waals surface area contributed by atoms with E-state index >= 15 is 0 Å². The van der Waals surface area contributed by atoms with Crippen molar-refractivity contribution in [1.29, 1.82) is 0 Å². The number of hydrogen-bond acceptors (Lipinski definition) is 6. The Balaban J connectivity index is 1.50. The average molecular weight is 493 g/mol. The van der Waals surface area contributed by atoms with Crippen LogP contribution < -0.4 is 5.32 Å². The molecule has 0 atom stereocenters. The van der Waals surface area contributed by atoms with Gasteiger partial charge in [-0.2, -0.15) is 4.31 Å². The number of hydrogen-bond donors (Lipinski definition) is 1. The Labute approximate surface area is 191 Å². The second kappa shape index (κ2) is 8.04. The van der Waals surface area contributed by atoms with Gasteiger partial charge in [-0.3, -0.25) is 0 Å². The molecule has 164 valence electrons. The third kappa shape index (κ3) is 3.73. The van der Waals surface area contributed by atoms with Gasteiger partial charge < -0.3 is 5.32 Å². The van der Waals surface area contributed by atoms with Gasteiger partial charge in [-0.15, -0.1) is 11.3 Å². The molecule has 0 aliphatic carbocycles. The van der Waals surface area contributed by atoms with Crippen molar-refractivity contribution in [2.75, 3.05) is 11.9 Å². The molecule has 0 amide bonds. The van der Waals surface area contributed by atoms with Crippen LogP contribution in [0.25, 0.3) is 10.2 Å². The summed E-state index contributed by atoms with van der Waals surface area (Å²) in [6.07, 6.45) is 1.86. The molecule has 4 aromatic rings. The van der Waals surface area contributed by atoms with Gasteiger partial charge in [-0.05, 0) is 42.3 Å². The largest absolute Gasteiger partial charge is 0.340 e. The van der Waals surface area contributed by atoms with E-state index in [2.05, 4.69) is 15.3 Å². The number of halogens is 3. The summed E-state index contributed by atoms with van der Waals surface area (Å²) in [5.74, 6) is -1.33. The van der Waals surface area contributed by atoms with E-state index in [1.165, 1.54) is 22.0 Å². The summed E-state index contributed by atoms with van der Waals surface area (Å²) in [6.45, 7) is 0.232. The van der Waals surface area contributed by atoms with Crippen LogP contribution in [0.2, 0.25) is 5.02 Å². The molecule has 32 heavy (non-hydrogen) atoms. The summed E-state index contributed by atoms with van der Waals surface area (Å²) in [4.78, 5) is 9.72. The van der Waals surface area contributed by atoms with Gasteiger partial charge in [0.1, 0.15) is 33.5 Å². The van der Waals surface area contributed by atoms with Gasteiger partial charge in [0.25, 0.3) is 0 Å². The lowest BCUT2D eigenvalue weighted by molar-refractivity contribution is 0.393. The molecule has 11 heteroatoms. The molecule has 2 aromatic carbocycles. The molecule has 0 saturated heterocycles. The van der Waals surface area contributed by atoms with E-state index in [9.17, 15) is 17.2 Å². The lowest BCUT2D eigenvalue weighted by atomic mass is 10.1. The van der Waals surface area contributed by atoms with Gasteiger partial charge in [0.15, 0.2) is 0 Å². The van der Waals surface area contributed by atoms with Crippen LogP contribution in [0.1, 0.15) is 10.4 Å².